The molecule has 37 valence electrons. The summed E-state index contributed by atoms with van der Waals surface area (Å²) in [5.41, 5.74) is 0. The molecule has 0 atom stereocenters. The van der Waals surface area contributed by atoms with Crippen molar-refractivity contribution in [3.8, 4) is 0 Å². The van der Waals surface area contributed by atoms with Crippen LogP contribution in [0.1, 0.15) is 0 Å². The monoisotopic (exact) mass is 196 g/mol. The van der Waals surface area contributed by atoms with Crippen molar-refractivity contribution >= 4 is 29.6 Å². The molecule has 0 saturated heterocycles. The molecule has 0 heterocycles. The molecule has 1 nitrogen and oxygen atoms in total. The van der Waals surface area contributed by atoms with Gasteiger partial charge in [0.1, 0.15) is 0 Å². The Bertz CT molecular complexity index is 22.9. The van der Waals surface area contributed by atoms with Crippen molar-refractivity contribution in [2.45, 2.75) is 0 Å². The Morgan fingerprint density at radius 1 is 1.14 bits per heavy atom. The van der Waals surface area contributed by atoms with Crippen molar-refractivity contribution < 1.29 is 22.6 Å². The molecule has 0 fully saturated rings. The fraction of sp³-hybridized carbons (Fsp3) is 0. The predicted octanol–water partition coefficient (Wildman–Crippen LogP) is 0.192. The van der Waals surface area contributed by atoms with Gasteiger partial charge in [-0.05, 0) is 0 Å². The van der Waals surface area contributed by atoms with Crippen LogP contribution in [0.15, 0.2) is 0 Å². The average Bonchev–Trinajstić information content (AvgIpc) is 1.41. The van der Waals surface area contributed by atoms with Crippen LogP contribution in [0.4, 0.5) is 0 Å². The normalized spacial score (nSPS) is 6.00. The van der Waals surface area contributed by atoms with Gasteiger partial charge >= 0.3 is 22.6 Å². The van der Waals surface area contributed by atoms with E-state index in [1.54, 1.807) is 0 Å². The van der Waals surface area contributed by atoms with Crippen LogP contribution < -0.4 is 0 Å². The first-order valence-electron chi connectivity index (χ1n) is 0.995. The Hall–Kier alpha value is 1.46. The van der Waals surface area contributed by atoms with Crippen LogP contribution in [0, 0.1) is 26.7 Å². The Labute approximate surface area is 78.2 Å². The van der Waals surface area contributed by atoms with Crippen molar-refractivity contribution in [3.05, 3.63) is 26.7 Å². The van der Waals surface area contributed by atoms with E-state index < -0.39 is 0 Å². The van der Waals surface area contributed by atoms with E-state index in [-0.39, 0.29) is 35.5 Å². The van der Waals surface area contributed by atoms with Crippen LogP contribution in [-0.4, -0.2) is 29.6 Å². The molecule has 0 aliphatic rings. The van der Waals surface area contributed by atoms with Gasteiger partial charge in [0.25, 0.3) is 0 Å². The fourth-order valence-electron chi connectivity index (χ4n) is 0. The molecule has 3 heteroatoms. The van der Waals surface area contributed by atoms with Crippen LogP contribution >= 0.6 is 0 Å². The molecular weight excluding hydrogens is 193 g/mol. The Balaban J connectivity index is -0.0000000480. The van der Waals surface area contributed by atoms with E-state index in [0.717, 1.165) is 0 Å². The van der Waals surface area contributed by atoms with Gasteiger partial charge in [0.05, 0.1) is 0 Å². The van der Waals surface area contributed by atoms with Gasteiger partial charge in [-0.3, -0.25) is 0 Å². The molecule has 0 aliphatic carbocycles. The van der Waals surface area contributed by atoms with E-state index in [1.165, 1.54) is 19.2 Å². The van der Waals surface area contributed by atoms with Crippen LogP contribution in [0.2, 0.25) is 0 Å². The molecule has 0 aliphatic heterocycles. The van der Waals surface area contributed by atoms with Crippen molar-refractivity contribution in [1.82, 2.24) is 0 Å². The molecule has 0 spiro atoms. The molecule has 0 rings (SSSR count). The molecule has 0 saturated carbocycles. The summed E-state index contributed by atoms with van der Waals surface area (Å²) in [5.74, 6) is -0.0833. The molecule has 0 amide bonds. The van der Waals surface area contributed by atoms with Crippen molar-refractivity contribution in [3.63, 3.8) is 0 Å². The van der Waals surface area contributed by atoms with Gasteiger partial charge in [-0.1, -0.05) is 0 Å². The number of hydrogen-bond donors (Lipinski definition) is 0. The summed E-state index contributed by atoms with van der Waals surface area (Å²) in [6, 6.07) is 0. The predicted molar refractivity (Wildman–Crippen MR) is 22.6 cm³/mol. The van der Waals surface area contributed by atoms with Crippen molar-refractivity contribution in [1.29, 1.82) is 0 Å². The zero-order chi connectivity index (χ0) is 5.58. The van der Waals surface area contributed by atoms with E-state index in [1.807, 2.05) is 0 Å². The topological polar surface area (TPSA) is 17.1 Å². The summed E-state index contributed by atoms with van der Waals surface area (Å²) in [4.78, 5) is 0. The molecule has 0 unspecified atom stereocenters. The van der Waals surface area contributed by atoms with Gasteiger partial charge < -0.3 is 5.92 Å². The van der Waals surface area contributed by atoms with E-state index in [2.05, 4.69) is 20.8 Å². The van der Waals surface area contributed by atoms with E-state index in [9.17, 15) is 0 Å². The van der Waals surface area contributed by atoms with Gasteiger partial charge in [-0.15, -0.1) is 0 Å². The second kappa shape index (κ2) is 15.7. The quantitative estimate of drug-likeness (QED) is 0.399. The van der Waals surface area contributed by atoms with Crippen LogP contribution in [0.5, 0.6) is 0 Å². The Kier molecular flexibility index (Phi) is 35.3. The van der Waals surface area contributed by atoms with Crippen molar-refractivity contribution in [2.24, 2.45) is 0 Å². The third-order valence-electron chi connectivity index (χ3n) is 0. The van der Waals surface area contributed by atoms with E-state index in [4.69, 9.17) is 3.47 Å². The first-order valence-corrected chi connectivity index (χ1v) is 1.63. The fourth-order valence-corrected chi connectivity index (χ4v) is 0. The number of hydrogen-bond acceptors (Lipinski definition) is 1. The van der Waals surface area contributed by atoms with Crippen molar-refractivity contribution in [2.75, 3.05) is 0 Å². The van der Waals surface area contributed by atoms with Gasteiger partial charge in [-0.25, -0.2) is 20.8 Å². The molecule has 7 heavy (non-hydrogen) atoms. The second-order valence-electron chi connectivity index (χ2n) is 0.500. The number of rotatable bonds is 0. The SMILES string of the molecule is [CH][C-]([CH])[CH].[Na].[O]=[Pd]. The first kappa shape index (κ1) is 15.8. The summed E-state index contributed by atoms with van der Waals surface area (Å²) in [6.07, 6.45) is 0. The van der Waals surface area contributed by atoms with Gasteiger partial charge in [-0.2, -0.15) is 0 Å². The van der Waals surface area contributed by atoms with Crippen LogP contribution in [0.25, 0.3) is 0 Å². The summed E-state index contributed by atoms with van der Waals surface area (Å²) in [7, 11) is 0. The Morgan fingerprint density at radius 2 is 1.14 bits per heavy atom. The zero-order valence-electron chi connectivity index (χ0n) is 3.96. The minimum absolute atomic E-state index is 0. The maximum atomic E-state index is 8.10. The third kappa shape index (κ3) is 104. The summed E-state index contributed by atoms with van der Waals surface area (Å²) >= 11 is 1.50. The minimum atomic E-state index is -0.0833. The average molecular weight is 196 g/mol. The summed E-state index contributed by atoms with van der Waals surface area (Å²) in [6.45, 7) is 13.8. The van der Waals surface area contributed by atoms with Gasteiger partial charge in [0.15, 0.2) is 0 Å². The maximum absolute atomic E-state index is 8.10. The summed E-state index contributed by atoms with van der Waals surface area (Å²) in [5, 5.41) is 0. The molecule has 7 radical (unpaired) electrons. The zero-order valence-corrected chi connectivity index (χ0v) is 7.51. The molecule has 0 bridgehead atoms. The third-order valence-corrected chi connectivity index (χ3v) is 0. The van der Waals surface area contributed by atoms with E-state index >= 15 is 0 Å². The standard InChI is InChI=1S/C4H3.Na.O.Pd/c1-4(2)3;;;/h1-3H;;;/q-1;;;. The molecule has 0 aromatic rings. The van der Waals surface area contributed by atoms with Crippen LogP contribution in [0.3, 0.4) is 0 Å². The van der Waals surface area contributed by atoms with Gasteiger partial charge in [0.2, 0.25) is 0 Å². The molecule has 0 aromatic carbocycles. The van der Waals surface area contributed by atoms with Crippen LogP contribution in [-0.2, 0) is 22.6 Å². The summed E-state index contributed by atoms with van der Waals surface area (Å²) < 4.78 is 8.10. The second-order valence-corrected chi connectivity index (χ2v) is 0.500. The van der Waals surface area contributed by atoms with E-state index in [0.29, 0.717) is 0 Å². The molecule has 0 aromatic heterocycles. The van der Waals surface area contributed by atoms with Gasteiger partial charge in [0, 0.05) is 29.6 Å². The molecule has 0 N–H and O–H groups in total. The Morgan fingerprint density at radius 3 is 1.14 bits per heavy atom. The molecular formula is C4H3NaOPd-. The first-order chi connectivity index (χ1) is 2.73.